The molecule has 0 bridgehead atoms. The second-order valence-corrected chi connectivity index (χ2v) is 8.94. The number of aryl methyl sites for hydroxylation is 2. The van der Waals surface area contributed by atoms with Crippen molar-refractivity contribution in [2.24, 2.45) is 5.10 Å². The van der Waals surface area contributed by atoms with Crippen molar-refractivity contribution in [3.63, 3.8) is 0 Å². The Hall–Kier alpha value is -5.39. The van der Waals surface area contributed by atoms with Gasteiger partial charge in [-0.1, -0.05) is 6.07 Å². The number of esters is 1. The zero-order chi connectivity index (χ0) is 29.5. The highest BCUT2D eigenvalue weighted by molar-refractivity contribution is 5.93. The van der Waals surface area contributed by atoms with Gasteiger partial charge in [0.1, 0.15) is 18.1 Å². The van der Waals surface area contributed by atoms with Gasteiger partial charge in [-0.05, 0) is 75.4 Å². The van der Waals surface area contributed by atoms with Crippen molar-refractivity contribution in [3.8, 4) is 17.2 Å². The third kappa shape index (κ3) is 6.79. The fourth-order valence-electron chi connectivity index (χ4n) is 4.02. The van der Waals surface area contributed by atoms with Gasteiger partial charge in [0.25, 0.3) is 0 Å². The predicted octanol–water partition coefficient (Wildman–Crippen LogP) is 4.88. The van der Waals surface area contributed by atoms with Crippen LogP contribution in [0.5, 0.6) is 11.5 Å². The summed E-state index contributed by atoms with van der Waals surface area (Å²) in [6.07, 6.45) is 0.0507. The number of carbonyl (C=O) groups is 2. The Morgan fingerprint density at radius 1 is 1.07 bits per heavy atom. The summed E-state index contributed by atoms with van der Waals surface area (Å²) in [6, 6.07) is 19.0. The summed E-state index contributed by atoms with van der Waals surface area (Å²) < 4.78 is 23.6. The Labute approximate surface area is 235 Å². The molecular weight excluding hydrogens is 532 g/mol. The molecule has 2 heterocycles. The zero-order valence-electron chi connectivity index (χ0n) is 22.8. The number of aromatic nitrogens is 1. The van der Waals surface area contributed by atoms with Gasteiger partial charge in [0, 0.05) is 28.7 Å². The number of amides is 1. The van der Waals surface area contributed by atoms with Crippen LogP contribution in [0.15, 0.2) is 76.2 Å². The smallest absolute Gasteiger partial charge is 0.346 e. The molecule has 0 spiro atoms. The maximum atomic E-state index is 12.5. The van der Waals surface area contributed by atoms with Crippen LogP contribution in [0.4, 0.5) is 5.69 Å². The van der Waals surface area contributed by atoms with Crippen molar-refractivity contribution in [1.29, 1.82) is 0 Å². The molecule has 2 aromatic carbocycles. The molecule has 12 nitrogen and oxygen atoms in total. The number of nitrogens with zero attached hydrogens (tertiary/aromatic N) is 3. The van der Waals surface area contributed by atoms with E-state index in [1.165, 1.54) is 38.3 Å². The third-order valence-corrected chi connectivity index (χ3v) is 6.05. The van der Waals surface area contributed by atoms with E-state index in [2.05, 4.69) is 32.0 Å². The van der Waals surface area contributed by atoms with Gasteiger partial charge in [-0.25, -0.2) is 10.2 Å². The summed E-state index contributed by atoms with van der Waals surface area (Å²) >= 11 is 0. The Morgan fingerprint density at radius 3 is 2.44 bits per heavy atom. The first-order chi connectivity index (χ1) is 19.7. The Bertz CT molecular complexity index is 1570. The summed E-state index contributed by atoms with van der Waals surface area (Å²) in [5.41, 5.74) is 5.38. The monoisotopic (exact) mass is 560 g/mol. The van der Waals surface area contributed by atoms with E-state index in [1.807, 2.05) is 38.1 Å². The van der Waals surface area contributed by atoms with Crippen LogP contribution < -0.4 is 14.9 Å². The van der Waals surface area contributed by atoms with Crippen molar-refractivity contribution in [2.75, 3.05) is 7.11 Å². The first-order valence-electron chi connectivity index (χ1n) is 12.5. The minimum Gasteiger partial charge on any atom is -0.486 e. The number of para-hydroxylation sites is 1. The van der Waals surface area contributed by atoms with E-state index >= 15 is 0 Å². The Morgan fingerprint density at radius 2 is 1.78 bits per heavy atom. The molecule has 0 aliphatic heterocycles. The van der Waals surface area contributed by atoms with Crippen LogP contribution in [-0.2, 0) is 16.1 Å². The molecule has 0 saturated carbocycles. The Kier molecular flexibility index (Phi) is 8.82. The van der Waals surface area contributed by atoms with Crippen molar-refractivity contribution >= 4 is 23.8 Å². The average Bonchev–Trinajstić information content (AvgIpc) is 3.58. The fourth-order valence-corrected chi connectivity index (χ4v) is 4.02. The largest absolute Gasteiger partial charge is 0.486 e. The Balaban J connectivity index is 1.37. The normalized spacial score (nSPS) is 11.7. The number of nitrogens with one attached hydrogen (secondary N) is 1. The highest BCUT2D eigenvalue weighted by atomic mass is 16.6. The molecule has 41 heavy (non-hydrogen) atoms. The minimum atomic E-state index is -1.11. The number of hydrogen-bond donors (Lipinski definition) is 1. The van der Waals surface area contributed by atoms with E-state index < -0.39 is 22.9 Å². The summed E-state index contributed by atoms with van der Waals surface area (Å²) in [6.45, 7) is 5.58. The molecule has 12 heteroatoms. The number of carbonyl (C=O) groups excluding carboxylic acids is 2. The van der Waals surface area contributed by atoms with Crippen LogP contribution in [0, 0.1) is 24.0 Å². The molecule has 1 N–H and O–H groups in total. The predicted molar refractivity (Wildman–Crippen MR) is 149 cm³/mol. The van der Waals surface area contributed by atoms with Gasteiger partial charge >= 0.3 is 17.6 Å². The summed E-state index contributed by atoms with van der Waals surface area (Å²) in [7, 11) is 1.18. The van der Waals surface area contributed by atoms with E-state index in [0.717, 1.165) is 23.3 Å². The van der Waals surface area contributed by atoms with Gasteiger partial charge in [0.05, 0.1) is 18.2 Å². The van der Waals surface area contributed by atoms with Crippen molar-refractivity contribution in [2.45, 2.75) is 33.5 Å². The van der Waals surface area contributed by atoms with E-state index in [1.54, 1.807) is 6.07 Å². The lowest BCUT2D eigenvalue weighted by atomic mass is 10.2. The molecule has 0 radical (unpaired) electrons. The van der Waals surface area contributed by atoms with Gasteiger partial charge in [-0.2, -0.15) is 5.10 Å². The van der Waals surface area contributed by atoms with Crippen LogP contribution in [0.1, 0.15) is 40.2 Å². The summed E-state index contributed by atoms with van der Waals surface area (Å²) in [4.78, 5) is 35.1. The number of rotatable bonds is 11. The van der Waals surface area contributed by atoms with E-state index in [9.17, 15) is 19.7 Å². The second kappa shape index (κ2) is 12.6. The molecule has 0 fully saturated rings. The standard InChI is InChI=1S/C29H28N4O8/c1-18-8-9-19(2)32(18)22-10-12-23(13-11-22)39-17-24-14-15-26(41-24)28(34)31-30-16-21-6-5-7-25(33(36)37)27(21)40-20(3)29(35)38-4/h5-16,20H,17H2,1-4H3,(H,31,34)/b30-16+/t20-/m1/s1. The summed E-state index contributed by atoms with van der Waals surface area (Å²) in [5, 5.41) is 15.3. The molecule has 4 aromatic rings. The number of hydrazone groups is 1. The molecular formula is C29H28N4O8. The molecule has 0 saturated heterocycles. The summed E-state index contributed by atoms with van der Waals surface area (Å²) in [5.74, 6) is -0.505. The van der Waals surface area contributed by atoms with Crippen LogP contribution >= 0.6 is 0 Å². The average molecular weight is 561 g/mol. The number of ether oxygens (including phenoxy) is 3. The number of nitro groups is 1. The van der Waals surface area contributed by atoms with E-state index in [0.29, 0.717) is 11.5 Å². The van der Waals surface area contributed by atoms with E-state index in [-0.39, 0.29) is 29.4 Å². The number of furan rings is 1. The van der Waals surface area contributed by atoms with Crippen molar-refractivity contribution in [1.82, 2.24) is 9.99 Å². The third-order valence-electron chi connectivity index (χ3n) is 6.05. The van der Waals surface area contributed by atoms with Crippen LogP contribution in [0.25, 0.3) is 5.69 Å². The number of benzene rings is 2. The molecule has 0 unspecified atom stereocenters. The van der Waals surface area contributed by atoms with E-state index in [4.69, 9.17) is 13.9 Å². The molecule has 212 valence electrons. The quantitative estimate of drug-likeness (QED) is 0.118. The van der Waals surface area contributed by atoms with Gasteiger partial charge < -0.3 is 23.2 Å². The van der Waals surface area contributed by atoms with Gasteiger partial charge in [0.15, 0.2) is 11.9 Å². The molecule has 0 aliphatic rings. The van der Waals surface area contributed by atoms with Gasteiger partial charge in [-0.3, -0.25) is 14.9 Å². The molecule has 1 amide bonds. The lowest BCUT2D eigenvalue weighted by molar-refractivity contribution is -0.386. The highest BCUT2D eigenvalue weighted by Crippen LogP contribution is 2.31. The molecule has 1 atom stereocenters. The SMILES string of the molecule is COC(=O)[C@@H](C)Oc1c(/C=N/NC(=O)c2ccc(COc3ccc(-n4c(C)ccc4C)cc3)o2)cccc1[N+](=O)[O-]. The minimum absolute atomic E-state index is 0.00974. The number of nitro benzene ring substituents is 1. The lowest BCUT2D eigenvalue weighted by Gasteiger charge is -2.14. The maximum absolute atomic E-state index is 12.5. The van der Waals surface area contributed by atoms with Crippen LogP contribution in [-0.4, -0.2) is 40.8 Å². The van der Waals surface area contributed by atoms with Crippen molar-refractivity contribution in [3.05, 3.63) is 105 Å². The number of methoxy groups -OCH3 is 1. The van der Waals surface area contributed by atoms with Gasteiger partial charge in [-0.15, -0.1) is 0 Å². The topological polar surface area (TPSA) is 147 Å². The molecule has 2 aromatic heterocycles. The first kappa shape index (κ1) is 28.6. The highest BCUT2D eigenvalue weighted by Gasteiger charge is 2.24. The van der Waals surface area contributed by atoms with Crippen LogP contribution in [0.2, 0.25) is 0 Å². The lowest BCUT2D eigenvalue weighted by Crippen LogP contribution is -2.25. The van der Waals surface area contributed by atoms with Crippen LogP contribution in [0.3, 0.4) is 0 Å². The molecule has 4 rings (SSSR count). The van der Waals surface area contributed by atoms with Crippen molar-refractivity contribution < 1.29 is 33.1 Å². The number of hydrogen-bond acceptors (Lipinski definition) is 9. The fraction of sp³-hybridized carbons (Fsp3) is 0.207. The first-order valence-corrected chi connectivity index (χ1v) is 12.5. The van der Waals surface area contributed by atoms with Gasteiger partial charge in [0.2, 0.25) is 5.75 Å². The zero-order valence-corrected chi connectivity index (χ0v) is 22.8. The maximum Gasteiger partial charge on any atom is 0.346 e. The molecule has 0 aliphatic carbocycles. The second-order valence-electron chi connectivity index (χ2n) is 8.94.